The van der Waals surface area contributed by atoms with Crippen LogP contribution < -0.4 is 5.73 Å². The maximum absolute atomic E-state index is 11.9. The Hall–Kier alpha value is -1.05. The van der Waals surface area contributed by atoms with Gasteiger partial charge in [0.1, 0.15) is 6.61 Å². The molecule has 0 fully saturated rings. The molecule has 354 valence electrons. The molecule has 2 N–H and O–H groups in total. The van der Waals surface area contributed by atoms with Gasteiger partial charge in [0.2, 0.25) is 0 Å². The Morgan fingerprint density at radius 2 is 0.492 bits per heavy atom. The minimum absolute atomic E-state index is 0.132. The van der Waals surface area contributed by atoms with Crippen molar-refractivity contribution in [1.82, 2.24) is 0 Å². The van der Waals surface area contributed by atoms with Crippen LogP contribution in [0.5, 0.6) is 0 Å². The molecule has 0 aromatic rings. The van der Waals surface area contributed by atoms with Gasteiger partial charge < -0.3 is 67.3 Å². The van der Waals surface area contributed by atoms with Gasteiger partial charge in [0.15, 0.2) is 0 Å². The number of carbonyl (C=O) groups excluding carboxylic acids is 1. The van der Waals surface area contributed by atoms with Gasteiger partial charge in [-0.05, 0) is 6.42 Å². The van der Waals surface area contributed by atoms with E-state index in [-0.39, 0.29) is 12.6 Å². The van der Waals surface area contributed by atoms with Crippen LogP contribution in [0.1, 0.15) is 110 Å². The van der Waals surface area contributed by atoms with Crippen LogP contribution >= 0.6 is 0 Å². The van der Waals surface area contributed by atoms with Crippen molar-refractivity contribution in [3.63, 3.8) is 0 Å². The standard InChI is InChI=1S/C44H89NO14/c1-2-3-4-5-6-7-8-9-10-11-12-13-14-15-16-17-44(46)59-43-42-58-41-40-57-39-38-56-37-36-55-35-34-54-33-32-53-31-30-52-29-28-51-27-26-50-25-24-49-23-22-48-21-20-47-19-18-45/h2-43,45H2,1H3. The van der Waals surface area contributed by atoms with Crippen molar-refractivity contribution in [2.24, 2.45) is 5.73 Å². The topological polar surface area (TPSA) is 163 Å². The van der Waals surface area contributed by atoms with Gasteiger partial charge in [0.25, 0.3) is 0 Å². The summed E-state index contributed by atoms with van der Waals surface area (Å²) in [4.78, 5) is 11.9. The summed E-state index contributed by atoms with van der Waals surface area (Å²) < 4.78 is 70.7. The Morgan fingerprint density at radius 3 is 0.729 bits per heavy atom. The number of rotatable bonds is 54. The van der Waals surface area contributed by atoms with E-state index < -0.39 is 0 Å². The van der Waals surface area contributed by atoms with Crippen molar-refractivity contribution in [1.29, 1.82) is 0 Å². The normalized spacial score (nSPS) is 11.6. The van der Waals surface area contributed by atoms with E-state index in [2.05, 4.69) is 6.92 Å². The van der Waals surface area contributed by atoms with E-state index in [9.17, 15) is 4.79 Å². The molecule has 0 aromatic heterocycles. The monoisotopic (exact) mass is 856 g/mol. The van der Waals surface area contributed by atoms with Crippen molar-refractivity contribution < 1.29 is 66.4 Å². The number of nitrogens with two attached hydrogens (primary N) is 1. The van der Waals surface area contributed by atoms with Crippen LogP contribution in [0.25, 0.3) is 0 Å². The van der Waals surface area contributed by atoms with Crippen molar-refractivity contribution in [2.45, 2.75) is 110 Å². The maximum atomic E-state index is 11.9. The average molecular weight is 856 g/mol. The molecule has 0 atom stereocenters. The van der Waals surface area contributed by atoms with Gasteiger partial charge >= 0.3 is 5.97 Å². The summed E-state index contributed by atoms with van der Waals surface area (Å²) >= 11 is 0. The van der Waals surface area contributed by atoms with E-state index in [0.717, 1.165) is 12.8 Å². The van der Waals surface area contributed by atoms with Gasteiger partial charge in [-0.3, -0.25) is 4.79 Å². The molecule has 0 rings (SSSR count). The third kappa shape index (κ3) is 54.9. The van der Waals surface area contributed by atoms with E-state index in [1.807, 2.05) is 0 Å². The third-order valence-electron chi connectivity index (χ3n) is 8.83. The largest absolute Gasteiger partial charge is 0.463 e. The van der Waals surface area contributed by atoms with Crippen LogP contribution in [-0.2, 0) is 66.4 Å². The molecule has 0 aromatic carbocycles. The third-order valence-corrected chi connectivity index (χ3v) is 8.83. The highest BCUT2D eigenvalue weighted by molar-refractivity contribution is 5.69. The second-order valence-electron chi connectivity index (χ2n) is 14.1. The molecule has 0 radical (unpaired) electrons. The first-order valence-electron chi connectivity index (χ1n) is 23.1. The molecule has 59 heavy (non-hydrogen) atoms. The zero-order chi connectivity index (χ0) is 42.5. The Bertz CT molecular complexity index is 773. The zero-order valence-electron chi connectivity index (χ0n) is 37.5. The highest BCUT2D eigenvalue weighted by atomic mass is 16.6. The fourth-order valence-electron chi connectivity index (χ4n) is 5.53. The molecule has 0 saturated heterocycles. The highest BCUT2D eigenvalue weighted by Gasteiger charge is 2.03. The molecular formula is C44H89NO14. The number of hydrogen-bond acceptors (Lipinski definition) is 15. The number of ether oxygens (including phenoxy) is 13. The van der Waals surface area contributed by atoms with Gasteiger partial charge in [0.05, 0.1) is 159 Å². The van der Waals surface area contributed by atoms with Crippen molar-refractivity contribution in [3.8, 4) is 0 Å². The zero-order valence-corrected chi connectivity index (χ0v) is 37.5. The molecule has 15 heteroatoms. The van der Waals surface area contributed by atoms with Gasteiger partial charge in [-0.1, -0.05) is 96.8 Å². The number of hydrogen-bond donors (Lipinski definition) is 1. The number of carbonyl (C=O) groups is 1. The quantitative estimate of drug-likeness (QED) is 0.0564. The van der Waals surface area contributed by atoms with Gasteiger partial charge in [-0.2, -0.15) is 0 Å². The minimum atomic E-state index is -0.132. The number of unbranched alkanes of at least 4 members (excludes halogenated alkanes) is 14. The second kappa shape index (κ2) is 55.0. The lowest BCUT2D eigenvalue weighted by atomic mass is 10.0. The summed E-state index contributed by atoms with van der Waals surface area (Å²) in [5.74, 6) is -0.132. The van der Waals surface area contributed by atoms with Crippen molar-refractivity contribution in [2.75, 3.05) is 172 Å². The van der Waals surface area contributed by atoms with Crippen molar-refractivity contribution >= 4 is 5.97 Å². The first-order valence-corrected chi connectivity index (χ1v) is 23.1. The SMILES string of the molecule is CCCCCCCCCCCCCCCCCC(=O)OCCOCCOCCOCCOCCOCCOCCOCCOCCOCCOCCOCCOCCN. The van der Waals surface area contributed by atoms with E-state index >= 15 is 0 Å². The fraction of sp³-hybridized carbons (Fsp3) is 0.977. The minimum Gasteiger partial charge on any atom is -0.463 e. The molecule has 0 aliphatic rings. The van der Waals surface area contributed by atoms with Gasteiger partial charge in [-0.25, -0.2) is 0 Å². The van der Waals surface area contributed by atoms with Crippen LogP contribution in [0.4, 0.5) is 0 Å². The molecule has 0 aliphatic carbocycles. The molecule has 0 amide bonds. The summed E-state index contributed by atoms with van der Waals surface area (Å²) in [7, 11) is 0. The highest BCUT2D eigenvalue weighted by Crippen LogP contribution is 2.14. The van der Waals surface area contributed by atoms with Crippen molar-refractivity contribution in [3.05, 3.63) is 0 Å². The van der Waals surface area contributed by atoms with Crippen LogP contribution in [0, 0.1) is 0 Å². The summed E-state index contributed by atoms with van der Waals surface area (Å²) in [5.41, 5.74) is 5.34. The maximum Gasteiger partial charge on any atom is 0.305 e. The van der Waals surface area contributed by atoms with Gasteiger partial charge in [0, 0.05) is 13.0 Å². The molecule has 0 bridgehead atoms. The average Bonchev–Trinajstić information content (AvgIpc) is 3.24. The fourth-order valence-corrected chi connectivity index (χ4v) is 5.53. The Morgan fingerprint density at radius 1 is 0.288 bits per heavy atom. The molecular weight excluding hydrogens is 766 g/mol. The Labute approximate surface area is 358 Å². The van der Waals surface area contributed by atoms with E-state index in [4.69, 9.17) is 67.3 Å². The van der Waals surface area contributed by atoms with Crippen LogP contribution in [0.15, 0.2) is 0 Å². The lowest BCUT2D eigenvalue weighted by Crippen LogP contribution is -2.16. The van der Waals surface area contributed by atoms with E-state index in [1.54, 1.807) is 0 Å². The molecule has 15 nitrogen and oxygen atoms in total. The summed E-state index contributed by atoms with van der Waals surface area (Å²) in [6, 6.07) is 0. The van der Waals surface area contributed by atoms with Crippen LogP contribution in [0.3, 0.4) is 0 Å². The lowest BCUT2D eigenvalue weighted by Gasteiger charge is -2.09. The van der Waals surface area contributed by atoms with Crippen LogP contribution in [0.2, 0.25) is 0 Å². The molecule has 0 spiro atoms. The summed E-state index contributed by atoms with van der Waals surface area (Å²) in [6.45, 7) is 15.1. The predicted octanol–water partition coefficient (Wildman–Crippen LogP) is 5.95. The Kier molecular flexibility index (Phi) is 54.0. The summed E-state index contributed by atoms with van der Waals surface area (Å²) in [6.07, 6.45) is 20.2. The number of esters is 1. The predicted molar refractivity (Wildman–Crippen MR) is 229 cm³/mol. The molecule has 0 heterocycles. The molecule has 0 unspecified atom stereocenters. The summed E-state index contributed by atoms with van der Waals surface area (Å²) in [5, 5.41) is 0. The van der Waals surface area contributed by atoms with Crippen LogP contribution in [-0.4, -0.2) is 178 Å². The second-order valence-corrected chi connectivity index (χ2v) is 14.1. The Balaban J connectivity index is 3.12. The van der Waals surface area contributed by atoms with Gasteiger partial charge in [-0.15, -0.1) is 0 Å². The van der Waals surface area contributed by atoms with E-state index in [0.29, 0.717) is 172 Å². The molecule has 0 aliphatic heterocycles. The van der Waals surface area contributed by atoms with E-state index in [1.165, 1.54) is 83.5 Å². The smallest absolute Gasteiger partial charge is 0.305 e. The molecule has 0 saturated carbocycles. The lowest BCUT2D eigenvalue weighted by molar-refractivity contribution is -0.145. The first-order chi connectivity index (χ1) is 29.3. The first kappa shape index (κ1) is 58.0.